The molecule has 0 radical (unpaired) electrons. The summed E-state index contributed by atoms with van der Waals surface area (Å²) >= 11 is 0. The molecule has 1 aliphatic rings. The van der Waals surface area contributed by atoms with Crippen molar-refractivity contribution in [2.24, 2.45) is 7.05 Å². The van der Waals surface area contributed by atoms with Gasteiger partial charge in [0.2, 0.25) is 0 Å². The number of nitrogens with one attached hydrogen (secondary N) is 2. The molecule has 0 saturated heterocycles. The summed E-state index contributed by atoms with van der Waals surface area (Å²) in [5.74, 6) is 0.466. The molecule has 1 amide bonds. The van der Waals surface area contributed by atoms with E-state index in [0.29, 0.717) is 48.0 Å². The zero-order valence-electron chi connectivity index (χ0n) is 28.1. The number of nitrogens with zero attached hydrogens (tertiary/aromatic N) is 3. The quantitative estimate of drug-likeness (QED) is 0.187. The number of hydrogen-bond acceptors (Lipinski definition) is 7. The van der Waals surface area contributed by atoms with Gasteiger partial charge in [0.1, 0.15) is 11.5 Å². The number of ether oxygens (including phenoxy) is 1. The van der Waals surface area contributed by atoms with Crippen molar-refractivity contribution >= 4 is 23.1 Å². The Bertz CT molecular complexity index is 1710. The van der Waals surface area contributed by atoms with Crippen LogP contribution < -0.4 is 21.1 Å². The molecule has 5 rings (SSSR count). The number of rotatable bonds is 10. The normalized spacial score (nSPS) is 12.8. The third-order valence-corrected chi connectivity index (χ3v) is 8.05. The second kappa shape index (κ2) is 15.3. The molecule has 0 unspecified atom stereocenters. The average Bonchev–Trinajstić information content (AvgIpc) is 3.06. The molecule has 1 aliphatic heterocycles. The van der Waals surface area contributed by atoms with Crippen molar-refractivity contribution in [2.45, 2.75) is 59.6 Å². The van der Waals surface area contributed by atoms with Gasteiger partial charge in [-0.1, -0.05) is 65.0 Å². The van der Waals surface area contributed by atoms with Gasteiger partial charge in [-0.2, -0.15) is 0 Å². The largest absolute Gasteiger partial charge is 0.392 e. The van der Waals surface area contributed by atoms with Crippen LogP contribution in [0.15, 0.2) is 71.8 Å². The van der Waals surface area contributed by atoms with Crippen LogP contribution in [-0.4, -0.2) is 47.4 Å². The number of aryl methyl sites for hydroxylation is 1. The van der Waals surface area contributed by atoms with Gasteiger partial charge in [-0.15, -0.1) is 0 Å². The summed E-state index contributed by atoms with van der Waals surface area (Å²) in [5, 5.41) is 17.0. The zero-order chi connectivity index (χ0) is 33.4. The maximum absolute atomic E-state index is 13.7. The van der Waals surface area contributed by atoms with Gasteiger partial charge in [-0.05, 0) is 58.4 Å². The Kier molecular flexibility index (Phi) is 11.5. The third-order valence-electron chi connectivity index (χ3n) is 8.05. The Labute approximate surface area is 272 Å². The average molecular weight is 626 g/mol. The lowest BCUT2D eigenvalue weighted by Gasteiger charge is -2.32. The van der Waals surface area contributed by atoms with Gasteiger partial charge >= 0.3 is 0 Å². The van der Waals surface area contributed by atoms with Crippen LogP contribution in [0, 0.1) is 0 Å². The molecule has 2 aromatic heterocycles. The van der Waals surface area contributed by atoms with E-state index in [9.17, 15) is 14.7 Å². The van der Waals surface area contributed by atoms with Crippen molar-refractivity contribution in [3.05, 3.63) is 105 Å². The highest BCUT2D eigenvalue weighted by molar-refractivity contribution is 6.09. The zero-order valence-corrected chi connectivity index (χ0v) is 28.1. The van der Waals surface area contributed by atoms with Crippen LogP contribution >= 0.6 is 0 Å². The summed E-state index contributed by atoms with van der Waals surface area (Å²) < 4.78 is 6.57. The summed E-state index contributed by atoms with van der Waals surface area (Å²) in [4.78, 5) is 33.1. The summed E-state index contributed by atoms with van der Waals surface area (Å²) in [6.45, 7) is 12.8. The molecule has 0 atom stereocenters. The van der Waals surface area contributed by atoms with Gasteiger partial charge in [-0.3, -0.25) is 9.59 Å². The van der Waals surface area contributed by atoms with Crippen molar-refractivity contribution in [1.82, 2.24) is 14.9 Å². The van der Waals surface area contributed by atoms with Crippen molar-refractivity contribution < 1.29 is 14.6 Å². The lowest BCUT2D eigenvalue weighted by molar-refractivity contribution is 0.0980. The topological polar surface area (TPSA) is 109 Å². The number of hydrogen-bond donors (Lipinski definition) is 3. The summed E-state index contributed by atoms with van der Waals surface area (Å²) in [7, 11) is 3.36. The monoisotopic (exact) mass is 625 g/mol. The number of carbonyl (C=O) groups is 1. The Morgan fingerprint density at radius 1 is 1.02 bits per heavy atom. The fraction of sp³-hybridized carbons (Fsp3) is 0.378. The Balaban J connectivity index is 0.00000235. The number of aromatic nitrogens is 2. The number of methoxy groups -OCH3 is 1. The molecule has 0 bridgehead atoms. The van der Waals surface area contributed by atoms with Crippen LogP contribution in [0.2, 0.25) is 0 Å². The Hall–Kier alpha value is -4.31. The van der Waals surface area contributed by atoms with Gasteiger partial charge in [0.15, 0.2) is 0 Å². The van der Waals surface area contributed by atoms with Gasteiger partial charge in [-0.25, -0.2) is 4.98 Å². The predicted molar refractivity (Wildman–Crippen MR) is 186 cm³/mol. The highest BCUT2D eigenvalue weighted by Gasteiger charge is 2.29. The number of anilines is 3. The van der Waals surface area contributed by atoms with E-state index in [2.05, 4.69) is 42.5 Å². The number of amides is 1. The van der Waals surface area contributed by atoms with E-state index in [1.165, 1.54) is 10.1 Å². The highest BCUT2D eigenvalue weighted by atomic mass is 16.5. The van der Waals surface area contributed by atoms with Crippen molar-refractivity contribution in [2.75, 3.05) is 37.0 Å². The number of aliphatic hydroxyl groups excluding tert-OH is 1. The molecule has 4 aromatic rings. The van der Waals surface area contributed by atoms with Gasteiger partial charge < -0.3 is 29.9 Å². The molecule has 0 spiro atoms. The highest BCUT2D eigenvalue weighted by Crippen LogP contribution is 2.35. The minimum Gasteiger partial charge on any atom is -0.392 e. The number of fused-ring (bicyclic) bond motifs is 1. The maximum atomic E-state index is 13.7. The second-order valence-electron chi connectivity index (χ2n) is 12.2. The number of benzene rings is 2. The number of aliphatic hydroxyl groups is 1. The van der Waals surface area contributed by atoms with Crippen molar-refractivity contribution in [1.29, 1.82) is 0 Å². The second-order valence-corrected chi connectivity index (χ2v) is 12.2. The third kappa shape index (κ3) is 7.73. The summed E-state index contributed by atoms with van der Waals surface area (Å²) in [6.07, 6.45) is 4.24. The molecule has 3 heterocycles. The van der Waals surface area contributed by atoms with Crippen molar-refractivity contribution in [3.63, 3.8) is 0 Å². The lowest BCUT2D eigenvalue weighted by Crippen LogP contribution is -2.38. The molecule has 3 N–H and O–H groups in total. The van der Waals surface area contributed by atoms with E-state index in [4.69, 9.17) is 4.74 Å². The van der Waals surface area contributed by atoms with E-state index in [1.54, 1.807) is 37.5 Å². The first kappa shape index (κ1) is 34.6. The van der Waals surface area contributed by atoms with Gasteiger partial charge in [0, 0.05) is 62.9 Å². The molecule has 2 aromatic carbocycles. The minimum atomic E-state index is -0.266. The first-order valence-electron chi connectivity index (χ1n) is 15.9. The summed E-state index contributed by atoms with van der Waals surface area (Å²) in [5.41, 5.74) is 6.89. The van der Waals surface area contributed by atoms with Crippen LogP contribution in [-0.2, 0) is 36.8 Å². The molecule has 0 fully saturated rings. The molecule has 244 valence electrons. The fourth-order valence-corrected chi connectivity index (χ4v) is 5.55. The Morgan fingerprint density at radius 3 is 2.48 bits per heavy atom. The SMILES string of the molecule is CC.COCCNCc1ccc(Nc2cc(-c3cccc(N4CCc5cc(C(C)(C)C)ccc5C4=O)c3CO)cn(C)c2=O)nc1. The molecule has 46 heavy (non-hydrogen) atoms. The van der Waals surface area contributed by atoms with E-state index in [-0.39, 0.29) is 23.5 Å². The number of pyridine rings is 2. The molecule has 9 nitrogen and oxygen atoms in total. The van der Waals surface area contributed by atoms with Crippen molar-refractivity contribution in [3.8, 4) is 11.1 Å². The number of carbonyl (C=O) groups excluding carboxylic acids is 1. The van der Waals surface area contributed by atoms with Crippen LogP contribution in [0.5, 0.6) is 0 Å². The molecule has 0 saturated carbocycles. The summed E-state index contributed by atoms with van der Waals surface area (Å²) in [6, 6.07) is 17.3. The minimum absolute atomic E-state index is 0.00182. The molecule has 9 heteroatoms. The smallest absolute Gasteiger partial charge is 0.274 e. The van der Waals surface area contributed by atoms with E-state index < -0.39 is 0 Å². The Morgan fingerprint density at radius 2 is 1.80 bits per heavy atom. The van der Waals surface area contributed by atoms with Crippen LogP contribution in [0.3, 0.4) is 0 Å². The van der Waals surface area contributed by atoms with Gasteiger partial charge in [0.25, 0.3) is 11.5 Å². The first-order chi connectivity index (χ1) is 22.1. The van der Waals surface area contributed by atoms with Crippen LogP contribution in [0.25, 0.3) is 11.1 Å². The standard InChI is InChI=1S/C35H41N5O4.C2H6/c1-35(2,3)26-10-11-28-24(17-26)13-15-40(33(28)42)31-8-6-7-27(29(31)22-41)25-18-30(34(43)39(4)21-25)38-32-12-9-23(20-37-32)19-36-14-16-44-5;1-2/h6-12,17-18,20-21,36,41H,13-16,19,22H2,1-5H3,(H,37,38);1-2H3. The van der Waals surface area contributed by atoms with E-state index >= 15 is 0 Å². The van der Waals surface area contributed by atoms with E-state index in [0.717, 1.165) is 35.2 Å². The van der Waals surface area contributed by atoms with Gasteiger partial charge in [0.05, 0.1) is 18.9 Å². The molecular weight excluding hydrogens is 578 g/mol. The predicted octanol–water partition coefficient (Wildman–Crippen LogP) is 5.95. The first-order valence-corrected chi connectivity index (χ1v) is 15.9. The van der Waals surface area contributed by atoms with Crippen LogP contribution in [0.4, 0.5) is 17.2 Å². The van der Waals surface area contributed by atoms with Crippen LogP contribution in [0.1, 0.15) is 67.2 Å². The van der Waals surface area contributed by atoms with E-state index in [1.807, 2.05) is 56.3 Å². The fourth-order valence-electron chi connectivity index (χ4n) is 5.55. The lowest BCUT2D eigenvalue weighted by atomic mass is 9.84. The molecular formula is C37H47N5O4. The molecule has 0 aliphatic carbocycles. The maximum Gasteiger partial charge on any atom is 0.274 e.